The normalized spacial score (nSPS) is 23.2. The van der Waals surface area contributed by atoms with Crippen LogP contribution in [0.4, 0.5) is 5.69 Å². The number of hydrogen-bond donors (Lipinski definition) is 0. The lowest BCUT2D eigenvalue weighted by Gasteiger charge is -2.30. The fraction of sp³-hybridized carbons (Fsp3) is 0.250. The van der Waals surface area contributed by atoms with E-state index < -0.39 is 0 Å². The first-order valence-electron chi connectivity index (χ1n) is 11.8. The van der Waals surface area contributed by atoms with E-state index in [4.69, 9.17) is 24.0 Å². The molecule has 6 heteroatoms. The zero-order valence-corrected chi connectivity index (χ0v) is 18.6. The molecule has 0 amide bonds. The Bertz CT molecular complexity index is 1320. The standard InChI is InChI=1S/C28H24N2O4/c1-2-6-21(7-3-1)30-28(20-10-12-24-26(15-20)34-17-32-24)22-8-4-5-19(27(22)29-30)13-18-9-11-23-25(14-18)33-16-31-23/h1-3,6-7,9-15,22,28H,4-5,8,16-17H2/b19-13-/t22-,28+/m1/s1. The molecule has 6 nitrogen and oxygen atoms in total. The summed E-state index contributed by atoms with van der Waals surface area (Å²) in [5.74, 6) is 3.53. The van der Waals surface area contributed by atoms with Crippen molar-refractivity contribution in [1.82, 2.24) is 0 Å². The molecule has 2 atom stereocenters. The van der Waals surface area contributed by atoms with Crippen molar-refractivity contribution in [3.05, 3.63) is 83.4 Å². The Hall–Kier alpha value is -3.93. The minimum atomic E-state index is 0.104. The van der Waals surface area contributed by atoms with E-state index in [9.17, 15) is 0 Å². The van der Waals surface area contributed by atoms with Gasteiger partial charge in [0.15, 0.2) is 23.0 Å². The van der Waals surface area contributed by atoms with E-state index in [-0.39, 0.29) is 19.6 Å². The number of anilines is 1. The molecule has 0 N–H and O–H groups in total. The third-order valence-electron chi connectivity index (χ3n) is 7.00. The van der Waals surface area contributed by atoms with Crippen LogP contribution in [0.25, 0.3) is 6.08 Å². The van der Waals surface area contributed by atoms with Gasteiger partial charge in [0.1, 0.15) is 0 Å². The molecule has 7 rings (SSSR count). The Morgan fingerprint density at radius 2 is 1.53 bits per heavy atom. The van der Waals surface area contributed by atoms with Crippen LogP contribution in [0.1, 0.15) is 36.4 Å². The molecule has 0 radical (unpaired) electrons. The second-order valence-corrected chi connectivity index (χ2v) is 9.00. The molecule has 0 saturated heterocycles. The first-order valence-corrected chi connectivity index (χ1v) is 11.8. The number of nitrogens with zero attached hydrogens (tertiary/aromatic N) is 2. The van der Waals surface area contributed by atoms with Crippen molar-refractivity contribution < 1.29 is 18.9 Å². The number of fused-ring (bicyclic) bond motifs is 3. The Morgan fingerprint density at radius 1 is 0.794 bits per heavy atom. The molecule has 1 aliphatic carbocycles. The molecule has 0 spiro atoms. The summed E-state index contributed by atoms with van der Waals surface area (Å²) < 4.78 is 22.3. The van der Waals surface area contributed by atoms with E-state index in [1.54, 1.807) is 0 Å². The lowest BCUT2D eigenvalue weighted by Crippen LogP contribution is -2.28. The number of hydrazone groups is 1. The van der Waals surface area contributed by atoms with E-state index in [1.807, 2.05) is 18.2 Å². The van der Waals surface area contributed by atoms with Crippen molar-refractivity contribution in [1.29, 1.82) is 0 Å². The monoisotopic (exact) mass is 452 g/mol. The third kappa shape index (κ3) is 3.21. The lowest BCUT2D eigenvalue weighted by atomic mass is 9.77. The number of para-hydroxylation sites is 1. The van der Waals surface area contributed by atoms with Gasteiger partial charge in [0.25, 0.3) is 0 Å². The average Bonchev–Trinajstić information content (AvgIpc) is 3.62. The fourth-order valence-electron chi connectivity index (χ4n) is 5.43. The lowest BCUT2D eigenvalue weighted by molar-refractivity contribution is 0.173. The largest absolute Gasteiger partial charge is 0.454 e. The molecule has 3 aromatic carbocycles. The van der Waals surface area contributed by atoms with E-state index >= 15 is 0 Å². The summed E-state index contributed by atoms with van der Waals surface area (Å²) >= 11 is 0. The van der Waals surface area contributed by atoms with Gasteiger partial charge in [-0.1, -0.05) is 30.3 Å². The highest BCUT2D eigenvalue weighted by Crippen LogP contribution is 2.48. The zero-order chi connectivity index (χ0) is 22.5. The van der Waals surface area contributed by atoms with Gasteiger partial charge in [-0.3, -0.25) is 5.01 Å². The van der Waals surface area contributed by atoms with Crippen LogP contribution in [0.5, 0.6) is 23.0 Å². The quantitative estimate of drug-likeness (QED) is 0.492. The SMILES string of the molecule is C(=C1\CCC[C@@H]2C1=NN(c1ccccc1)[C@H]2c1ccc2c(c1)OCO2)/c1ccc2c(c1)OCO2. The van der Waals surface area contributed by atoms with Gasteiger partial charge in [-0.15, -0.1) is 0 Å². The number of allylic oxidation sites excluding steroid dienone is 1. The van der Waals surface area contributed by atoms with Crippen LogP contribution in [0.15, 0.2) is 77.4 Å². The van der Waals surface area contributed by atoms with Gasteiger partial charge < -0.3 is 18.9 Å². The Labute approximate surface area is 198 Å². The summed E-state index contributed by atoms with van der Waals surface area (Å²) in [7, 11) is 0. The summed E-state index contributed by atoms with van der Waals surface area (Å²) in [4.78, 5) is 0. The van der Waals surface area contributed by atoms with E-state index in [1.165, 1.54) is 16.8 Å². The molecule has 3 aliphatic heterocycles. The van der Waals surface area contributed by atoms with Gasteiger partial charge in [-0.2, -0.15) is 5.10 Å². The molecule has 0 unspecified atom stereocenters. The highest BCUT2D eigenvalue weighted by atomic mass is 16.7. The van der Waals surface area contributed by atoms with Crippen LogP contribution in [-0.4, -0.2) is 19.3 Å². The van der Waals surface area contributed by atoms with Crippen molar-refractivity contribution >= 4 is 17.5 Å². The van der Waals surface area contributed by atoms with Crippen LogP contribution in [-0.2, 0) is 0 Å². The van der Waals surface area contributed by atoms with Crippen molar-refractivity contribution in [3.63, 3.8) is 0 Å². The van der Waals surface area contributed by atoms with Crippen LogP contribution in [0, 0.1) is 5.92 Å². The second kappa shape index (κ2) is 7.83. The number of hydrogen-bond acceptors (Lipinski definition) is 6. The maximum absolute atomic E-state index is 5.70. The Balaban J connectivity index is 1.30. The van der Waals surface area contributed by atoms with Crippen LogP contribution in [0.2, 0.25) is 0 Å². The summed E-state index contributed by atoms with van der Waals surface area (Å²) in [6, 6.07) is 23.0. The smallest absolute Gasteiger partial charge is 0.231 e. The first-order chi connectivity index (χ1) is 16.8. The third-order valence-corrected chi connectivity index (χ3v) is 7.00. The van der Waals surface area contributed by atoms with Gasteiger partial charge in [0, 0.05) is 5.92 Å². The second-order valence-electron chi connectivity index (χ2n) is 9.00. The minimum Gasteiger partial charge on any atom is -0.454 e. The van der Waals surface area contributed by atoms with Crippen LogP contribution >= 0.6 is 0 Å². The van der Waals surface area contributed by atoms with Gasteiger partial charge in [-0.05, 0) is 78.4 Å². The first kappa shape index (κ1) is 19.5. The summed E-state index contributed by atoms with van der Waals surface area (Å²) in [5, 5.41) is 7.43. The highest BCUT2D eigenvalue weighted by molar-refractivity contribution is 6.08. The van der Waals surface area contributed by atoms with E-state index in [0.29, 0.717) is 5.92 Å². The zero-order valence-electron chi connectivity index (χ0n) is 18.6. The molecule has 1 fully saturated rings. The molecular formula is C28H24N2O4. The van der Waals surface area contributed by atoms with Gasteiger partial charge >= 0.3 is 0 Å². The van der Waals surface area contributed by atoms with Crippen molar-refractivity contribution in [2.45, 2.75) is 25.3 Å². The predicted octanol–water partition coefficient (Wildman–Crippen LogP) is 5.95. The molecule has 0 aromatic heterocycles. The molecule has 3 heterocycles. The number of ether oxygens (including phenoxy) is 4. The molecule has 0 bridgehead atoms. The number of benzene rings is 3. The molecule has 4 aliphatic rings. The van der Waals surface area contributed by atoms with E-state index in [0.717, 1.165) is 53.5 Å². The van der Waals surface area contributed by atoms with Crippen molar-refractivity contribution in [2.24, 2.45) is 11.0 Å². The molecule has 3 aromatic rings. The van der Waals surface area contributed by atoms with Crippen LogP contribution in [0.3, 0.4) is 0 Å². The van der Waals surface area contributed by atoms with Gasteiger partial charge in [0.05, 0.1) is 17.4 Å². The average molecular weight is 453 g/mol. The molecular weight excluding hydrogens is 428 g/mol. The Kier molecular flexibility index (Phi) is 4.50. The van der Waals surface area contributed by atoms with Crippen molar-refractivity contribution in [2.75, 3.05) is 18.6 Å². The Morgan fingerprint density at radius 3 is 2.35 bits per heavy atom. The summed E-state index contributed by atoms with van der Waals surface area (Å²) in [5.41, 5.74) is 5.87. The topological polar surface area (TPSA) is 52.5 Å². The molecule has 1 saturated carbocycles. The number of rotatable bonds is 3. The van der Waals surface area contributed by atoms with Crippen molar-refractivity contribution in [3.8, 4) is 23.0 Å². The maximum Gasteiger partial charge on any atom is 0.231 e. The van der Waals surface area contributed by atoms with E-state index in [2.05, 4.69) is 59.6 Å². The molecule has 170 valence electrons. The fourth-order valence-corrected chi connectivity index (χ4v) is 5.43. The highest BCUT2D eigenvalue weighted by Gasteiger charge is 2.42. The minimum absolute atomic E-state index is 0.104. The molecule has 34 heavy (non-hydrogen) atoms. The summed E-state index contributed by atoms with van der Waals surface area (Å²) in [6.45, 7) is 0.562. The van der Waals surface area contributed by atoms with Gasteiger partial charge in [-0.25, -0.2) is 0 Å². The van der Waals surface area contributed by atoms with Gasteiger partial charge in [0.2, 0.25) is 13.6 Å². The maximum atomic E-state index is 5.70. The van der Waals surface area contributed by atoms with Crippen LogP contribution < -0.4 is 24.0 Å². The predicted molar refractivity (Wildman–Crippen MR) is 130 cm³/mol. The summed E-state index contributed by atoms with van der Waals surface area (Å²) in [6.07, 6.45) is 5.50.